The van der Waals surface area contributed by atoms with Crippen molar-refractivity contribution < 1.29 is 9.59 Å². The van der Waals surface area contributed by atoms with E-state index in [1.807, 2.05) is 20.8 Å². The monoisotopic (exact) mass is 350 g/mol. The average molecular weight is 351 g/mol. The summed E-state index contributed by atoms with van der Waals surface area (Å²) in [7, 11) is 0. The zero-order chi connectivity index (χ0) is 17.0. The van der Waals surface area contributed by atoms with Crippen LogP contribution in [-0.4, -0.2) is 16.7 Å². The first-order chi connectivity index (χ1) is 10.9. The summed E-state index contributed by atoms with van der Waals surface area (Å²) in [5.74, 6) is -0.195. The molecule has 1 aromatic heterocycles. The summed E-state index contributed by atoms with van der Waals surface area (Å²) >= 11 is 7.38. The molecule has 1 atom stereocenters. The van der Waals surface area contributed by atoms with Crippen molar-refractivity contribution in [1.82, 2.24) is 10.3 Å². The number of amides is 1. The lowest BCUT2D eigenvalue weighted by Crippen LogP contribution is -2.26. The quantitative estimate of drug-likeness (QED) is 0.792. The summed E-state index contributed by atoms with van der Waals surface area (Å²) in [6, 6.07) is 6.60. The van der Waals surface area contributed by atoms with Gasteiger partial charge < -0.3 is 5.32 Å². The molecule has 0 aliphatic heterocycles. The van der Waals surface area contributed by atoms with Crippen LogP contribution >= 0.6 is 22.9 Å². The van der Waals surface area contributed by atoms with Crippen LogP contribution in [0.1, 0.15) is 51.7 Å². The Morgan fingerprint density at radius 3 is 2.43 bits per heavy atom. The molecular formula is C17H19ClN2O2S. The number of hydrogen-bond acceptors (Lipinski definition) is 4. The summed E-state index contributed by atoms with van der Waals surface area (Å²) in [6.07, 6.45) is 0.351. The number of aromatic nitrogens is 1. The number of nitrogens with zero attached hydrogens (tertiary/aromatic N) is 1. The first-order valence-electron chi connectivity index (χ1n) is 7.39. The molecule has 1 heterocycles. The van der Waals surface area contributed by atoms with E-state index in [1.54, 1.807) is 35.6 Å². The van der Waals surface area contributed by atoms with Crippen LogP contribution in [-0.2, 0) is 4.79 Å². The highest BCUT2D eigenvalue weighted by Crippen LogP contribution is 2.24. The molecule has 4 nitrogen and oxygen atoms in total. The zero-order valence-corrected chi connectivity index (χ0v) is 14.9. The Labute approximate surface area is 144 Å². The summed E-state index contributed by atoms with van der Waals surface area (Å²) in [6.45, 7) is 5.81. The predicted octanol–water partition coefficient (Wildman–Crippen LogP) is 4.25. The fourth-order valence-corrected chi connectivity index (χ4v) is 3.39. The van der Waals surface area contributed by atoms with E-state index in [2.05, 4.69) is 10.3 Å². The van der Waals surface area contributed by atoms with Gasteiger partial charge in [0.2, 0.25) is 5.91 Å². The third-order valence-corrected chi connectivity index (χ3v) is 4.96. The summed E-state index contributed by atoms with van der Waals surface area (Å²) in [5, 5.41) is 4.49. The Balaban J connectivity index is 1.86. The standard InChI is InChI=1S/C17H19ClN2O2S/c1-10-17(23-12(3)19-10)11(2)20-16(22)9-8-15(21)13-4-6-14(18)7-5-13/h4-7,11H,8-9H2,1-3H3,(H,20,22). The summed E-state index contributed by atoms with van der Waals surface area (Å²) < 4.78 is 0. The fraction of sp³-hybridized carbons (Fsp3) is 0.353. The van der Waals surface area contributed by atoms with Gasteiger partial charge >= 0.3 is 0 Å². The molecule has 2 aromatic rings. The fourth-order valence-electron chi connectivity index (χ4n) is 2.34. The third-order valence-electron chi connectivity index (χ3n) is 3.46. The van der Waals surface area contributed by atoms with Crippen molar-refractivity contribution in [3.63, 3.8) is 0 Å². The normalized spacial score (nSPS) is 12.0. The Bertz CT molecular complexity index is 710. The number of hydrogen-bond donors (Lipinski definition) is 1. The van der Waals surface area contributed by atoms with Crippen LogP contribution in [0.25, 0.3) is 0 Å². The van der Waals surface area contributed by atoms with E-state index >= 15 is 0 Å². The van der Waals surface area contributed by atoms with Crippen molar-refractivity contribution in [1.29, 1.82) is 0 Å². The number of Topliss-reactive ketones (excluding diaryl/α,β-unsaturated/α-hetero) is 1. The molecule has 1 amide bonds. The predicted molar refractivity (Wildman–Crippen MR) is 93.2 cm³/mol. The topological polar surface area (TPSA) is 59.1 Å². The first-order valence-corrected chi connectivity index (χ1v) is 8.58. The molecule has 1 aromatic carbocycles. The van der Waals surface area contributed by atoms with Gasteiger partial charge in [0.25, 0.3) is 0 Å². The number of carbonyl (C=O) groups is 2. The van der Waals surface area contributed by atoms with Gasteiger partial charge in [-0.25, -0.2) is 4.98 Å². The zero-order valence-electron chi connectivity index (χ0n) is 13.4. The number of carbonyl (C=O) groups excluding carboxylic acids is 2. The second kappa shape index (κ2) is 7.70. The number of ketones is 1. The van der Waals surface area contributed by atoms with Crippen LogP contribution < -0.4 is 5.32 Å². The Hall–Kier alpha value is -1.72. The maximum Gasteiger partial charge on any atom is 0.220 e. The van der Waals surface area contributed by atoms with E-state index in [0.29, 0.717) is 10.6 Å². The van der Waals surface area contributed by atoms with Crippen molar-refractivity contribution >= 4 is 34.6 Å². The third kappa shape index (κ3) is 4.88. The minimum absolute atomic E-state index is 0.0608. The minimum Gasteiger partial charge on any atom is -0.349 e. The van der Waals surface area contributed by atoms with Crippen molar-refractivity contribution in [3.8, 4) is 0 Å². The average Bonchev–Trinajstić information content (AvgIpc) is 2.84. The second-order valence-electron chi connectivity index (χ2n) is 5.40. The molecule has 0 aliphatic rings. The number of thiazole rings is 1. The van der Waals surface area contributed by atoms with E-state index in [0.717, 1.165) is 15.6 Å². The lowest BCUT2D eigenvalue weighted by molar-refractivity contribution is -0.121. The van der Waals surface area contributed by atoms with Gasteiger partial charge in [0, 0.05) is 28.3 Å². The highest BCUT2D eigenvalue weighted by molar-refractivity contribution is 7.11. The smallest absolute Gasteiger partial charge is 0.220 e. The molecule has 23 heavy (non-hydrogen) atoms. The van der Waals surface area contributed by atoms with Gasteiger partial charge in [-0.3, -0.25) is 9.59 Å². The maximum atomic E-state index is 12.0. The number of nitrogens with one attached hydrogen (secondary N) is 1. The Morgan fingerprint density at radius 2 is 1.87 bits per heavy atom. The number of halogens is 1. The molecule has 0 bridgehead atoms. The van der Waals surface area contributed by atoms with E-state index in [1.165, 1.54) is 0 Å². The van der Waals surface area contributed by atoms with Crippen molar-refractivity contribution in [2.24, 2.45) is 0 Å². The van der Waals surface area contributed by atoms with E-state index in [-0.39, 0.29) is 30.6 Å². The lowest BCUT2D eigenvalue weighted by Gasteiger charge is -2.12. The number of benzene rings is 1. The van der Waals surface area contributed by atoms with E-state index < -0.39 is 0 Å². The van der Waals surface area contributed by atoms with Gasteiger partial charge in [0.15, 0.2) is 5.78 Å². The van der Waals surface area contributed by atoms with Gasteiger partial charge in [-0.15, -0.1) is 11.3 Å². The molecule has 1 unspecified atom stereocenters. The Kier molecular flexibility index (Phi) is 5.91. The molecule has 0 fully saturated rings. The van der Waals surface area contributed by atoms with Crippen LogP contribution in [0.5, 0.6) is 0 Å². The molecular weight excluding hydrogens is 332 g/mol. The largest absolute Gasteiger partial charge is 0.349 e. The van der Waals surface area contributed by atoms with Gasteiger partial charge in [-0.2, -0.15) is 0 Å². The molecule has 0 saturated carbocycles. The number of aryl methyl sites for hydroxylation is 2. The molecule has 0 radical (unpaired) electrons. The number of rotatable bonds is 6. The second-order valence-corrected chi connectivity index (χ2v) is 7.07. The van der Waals surface area contributed by atoms with Crippen LogP contribution in [0.15, 0.2) is 24.3 Å². The van der Waals surface area contributed by atoms with Crippen LogP contribution in [0, 0.1) is 13.8 Å². The van der Waals surface area contributed by atoms with Crippen molar-refractivity contribution in [3.05, 3.63) is 50.4 Å². The van der Waals surface area contributed by atoms with Gasteiger partial charge in [-0.1, -0.05) is 11.6 Å². The van der Waals surface area contributed by atoms with E-state index in [9.17, 15) is 9.59 Å². The van der Waals surface area contributed by atoms with Crippen LogP contribution in [0.2, 0.25) is 5.02 Å². The lowest BCUT2D eigenvalue weighted by atomic mass is 10.1. The van der Waals surface area contributed by atoms with Gasteiger partial charge in [-0.05, 0) is 45.0 Å². The minimum atomic E-state index is -0.134. The first kappa shape index (κ1) is 17.6. The SMILES string of the molecule is Cc1nc(C)c(C(C)NC(=O)CCC(=O)c2ccc(Cl)cc2)s1. The molecule has 6 heteroatoms. The van der Waals surface area contributed by atoms with Crippen LogP contribution in [0.3, 0.4) is 0 Å². The van der Waals surface area contributed by atoms with Gasteiger partial charge in [0.05, 0.1) is 16.7 Å². The summed E-state index contributed by atoms with van der Waals surface area (Å²) in [4.78, 5) is 29.5. The van der Waals surface area contributed by atoms with E-state index in [4.69, 9.17) is 11.6 Å². The molecule has 0 spiro atoms. The Morgan fingerprint density at radius 1 is 1.22 bits per heavy atom. The molecule has 122 valence electrons. The maximum absolute atomic E-state index is 12.0. The molecule has 0 saturated heterocycles. The molecule has 1 N–H and O–H groups in total. The highest BCUT2D eigenvalue weighted by Gasteiger charge is 2.16. The van der Waals surface area contributed by atoms with Crippen LogP contribution in [0.4, 0.5) is 0 Å². The van der Waals surface area contributed by atoms with Crippen molar-refractivity contribution in [2.75, 3.05) is 0 Å². The van der Waals surface area contributed by atoms with Crippen molar-refractivity contribution in [2.45, 2.75) is 39.7 Å². The van der Waals surface area contributed by atoms with Gasteiger partial charge in [0.1, 0.15) is 0 Å². The molecule has 2 rings (SSSR count). The summed E-state index contributed by atoms with van der Waals surface area (Å²) in [5.41, 5.74) is 1.52. The molecule has 0 aliphatic carbocycles. The highest BCUT2D eigenvalue weighted by atomic mass is 35.5.